The van der Waals surface area contributed by atoms with E-state index in [0.29, 0.717) is 5.69 Å². The number of H-pyrrole nitrogens is 1. The quantitative estimate of drug-likeness (QED) is 0.377. The molecule has 3 aromatic rings. The molecule has 3 rings (SSSR count). The van der Waals surface area contributed by atoms with Crippen LogP contribution in [-0.2, 0) is 4.79 Å². The maximum atomic E-state index is 11.0. The fourth-order valence-electron chi connectivity index (χ4n) is 2.56. The zero-order valence-electron chi connectivity index (χ0n) is 13.3. The van der Waals surface area contributed by atoms with Crippen molar-refractivity contribution in [2.24, 2.45) is 5.92 Å². The lowest BCUT2D eigenvalue weighted by Crippen LogP contribution is -2.18. The van der Waals surface area contributed by atoms with Crippen LogP contribution in [0.4, 0.5) is 0 Å². The summed E-state index contributed by atoms with van der Waals surface area (Å²) in [4.78, 5) is 19.0. The number of fused-ring (bicyclic) bond motifs is 1. The summed E-state index contributed by atoms with van der Waals surface area (Å²) in [5.41, 5.74) is 3.91. The summed E-state index contributed by atoms with van der Waals surface area (Å²) in [6.45, 7) is 4.16. The van der Waals surface area contributed by atoms with Gasteiger partial charge in [-0.1, -0.05) is 31.2 Å². The largest absolute Gasteiger partial charge is 0.340 e. The van der Waals surface area contributed by atoms with Gasteiger partial charge in [-0.2, -0.15) is 0 Å². The fraction of sp³-hybridized carbons (Fsp3) is 0.250. The van der Waals surface area contributed by atoms with Gasteiger partial charge in [0.2, 0.25) is 0 Å². The molecule has 0 aliphatic heterocycles. The molecule has 1 unspecified atom stereocenters. The highest BCUT2D eigenvalue weighted by atomic mass is 16.5. The molecule has 2 heterocycles. The van der Waals surface area contributed by atoms with E-state index in [9.17, 15) is 4.79 Å². The smallest absolute Gasteiger partial charge is 0.267 e. The van der Waals surface area contributed by atoms with Crippen molar-refractivity contribution in [3.05, 3.63) is 48.1 Å². The van der Waals surface area contributed by atoms with E-state index in [0.717, 1.165) is 16.9 Å². The van der Waals surface area contributed by atoms with Crippen molar-refractivity contribution in [3.63, 3.8) is 0 Å². The van der Waals surface area contributed by atoms with Crippen molar-refractivity contribution in [1.82, 2.24) is 30.4 Å². The monoisotopic (exact) mass is 326 g/mol. The molecule has 8 nitrogen and oxygen atoms in total. The zero-order chi connectivity index (χ0) is 17.1. The third-order valence-electron chi connectivity index (χ3n) is 3.65. The van der Waals surface area contributed by atoms with Gasteiger partial charge in [0.15, 0.2) is 0 Å². The zero-order valence-corrected chi connectivity index (χ0v) is 13.3. The number of para-hydroxylation sites is 2. The number of aromatic nitrogens is 5. The van der Waals surface area contributed by atoms with Crippen molar-refractivity contribution < 1.29 is 10.0 Å². The molecule has 1 amide bonds. The third kappa shape index (κ3) is 3.18. The first-order chi connectivity index (χ1) is 11.6. The molecule has 0 aliphatic rings. The molecule has 0 saturated carbocycles. The van der Waals surface area contributed by atoms with Gasteiger partial charge < -0.3 is 4.98 Å². The van der Waals surface area contributed by atoms with E-state index in [4.69, 9.17) is 5.21 Å². The van der Waals surface area contributed by atoms with Gasteiger partial charge in [0.1, 0.15) is 17.6 Å². The van der Waals surface area contributed by atoms with Crippen LogP contribution >= 0.6 is 0 Å². The second-order valence-corrected chi connectivity index (χ2v) is 5.76. The van der Waals surface area contributed by atoms with Gasteiger partial charge in [-0.05, 0) is 24.1 Å². The van der Waals surface area contributed by atoms with Crippen molar-refractivity contribution in [3.8, 4) is 0 Å². The number of rotatable bonds is 5. The second kappa shape index (κ2) is 6.63. The van der Waals surface area contributed by atoms with Gasteiger partial charge in [-0.3, -0.25) is 10.0 Å². The van der Waals surface area contributed by atoms with E-state index in [-0.39, 0.29) is 12.0 Å². The number of imidazole rings is 1. The molecule has 0 bridgehead atoms. The molecule has 0 saturated heterocycles. The van der Waals surface area contributed by atoms with Crippen LogP contribution in [0.25, 0.3) is 17.1 Å². The predicted octanol–water partition coefficient (Wildman–Crippen LogP) is 1.92. The number of hydroxylamine groups is 1. The van der Waals surface area contributed by atoms with Crippen LogP contribution in [0.3, 0.4) is 0 Å². The SMILES string of the molecule is CC(C)C(c1nc2ccccc2[nH]1)n1cc(C=CC(=O)NO)nn1. The summed E-state index contributed by atoms with van der Waals surface area (Å²) in [6, 6.07) is 7.72. The molecule has 124 valence electrons. The Balaban J connectivity index is 1.93. The van der Waals surface area contributed by atoms with E-state index >= 15 is 0 Å². The second-order valence-electron chi connectivity index (χ2n) is 5.76. The Morgan fingerprint density at radius 2 is 2.17 bits per heavy atom. The number of nitrogens with zero attached hydrogens (tertiary/aromatic N) is 4. The van der Waals surface area contributed by atoms with Crippen LogP contribution in [0.2, 0.25) is 0 Å². The van der Waals surface area contributed by atoms with Gasteiger partial charge in [0.25, 0.3) is 5.91 Å². The average molecular weight is 326 g/mol. The molecule has 24 heavy (non-hydrogen) atoms. The summed E-state index contributed by atoms with van der Waals surface area (Å²) < 4.78 is 1.72. The molecule has 0 fully saturated rings. The number of benzene rings is 1. The number of nitrogens with one attached hydrogen (secondary N) is 2. The van der Waals surface area contributed by atoms with Crippen molar-refractivity contribution in [2.45, 2.75) is 19.9 Å². The number of aromatic amines is 1. The molecule has 1 aromatic carbocycles. The van der Waals surface area contributed by atoms with Crippen LogP contribution < -0.4 is 5.48 Å². The maximum absolute atomic E-state index is 11.0. The highest BCUT2D eigenvalue weighted by Gasteiger charge is 2.23. The summed E-state index contributed by atoms with van der Waals surface area (Å²) in [6.07, 6.45) is 4.39. The van der Waals surface area contributed by atoms with Crippen LogP contribution in [0.5, 0.6) is 0 Å². The van der Waals surface area contributed by atoms with Crippen LogP contribution in [0.1, 0.15) is 31.4 Å². The Labute approximate surface area is 138 Å². The number of hydrogen-bond donors (Lipinski definition) is 3. The molecule has 0 radical (unpaired) electrons. The fourth-order valence-corrected chi connectivity index (χ4v) is 2.56. The minimum atomic E-state index is -0.623. The van der Waals surface area contributed by atoms with Gasteiger partial charge in [0.05, 0.1) is 17.2 Å². The first-order valence-electron chi connectivity index (χ1n) is 7.57. The minimum absolute atomic E-state index is 0.112. The van der Waals surface area contributed by atoms with Crippen molar-refractivity contribution in [1.29, 1.82) is 0 Å². The van der Waals surface area contributed by atoms with Crippen LogP contribution in [0, 0.1) is 5.92 Å². The van der Waals surface area contributed by atoms with E-state index in [2.05, 4.69) is 34.1 Å². The highest BCUT2D eigenvalue weighted by molar-refractivity contribution is 5.90. The molecule has 0 aliphatic carbocycles. The Kier molecular flexibility index (Phi) is 4.39. The van der Waals surface area contributed by atoms with E-state index in [1.165, 1.54) is 17.6 Å². The molecule has 1 atom stereocenters. The van der Waals surface area contributed by atoms with E-state index < -0.39 is 5.91 Å². The number of amides is 1. The van der Waals surface area contributed by atoms with E-state index in [1.807, 2.05) is 24.3 Å². The van der Waals surface area contributed by atoms with Gasteiger partial charge in [0, 0.05) is 6.08 Å². The summed E-state index contributed by atoms with van der Waals surface area (Å²) >= 11 is 0. The Hall–Kier alpha value is -3.00. The van der Waals surface area contributed by atoms with Crippen molar-refractivity contribution >= 4 is 23.0 Å². The Bertz CT molecular complexity index is 846. The average Bonchev–Trinajstić information content (AvgIpc) is 3.19. The number of carbonyl (C=O) groups is 1. The Morgan fingerprint density at radius 1 is 1.38 bits per heavy atom. The lowest BCUT2D eigenvalue weighted by Gasteiger charge is -2.18. The first-order valence-corrected chi connectivity index (χ1v) is 7.57. The summed E-state index contributed by atoms with van der Waals surface area (Å²) in [5, 5.41) is 16.7. The maximum Gasteiger partial charge on any atom is 0.267 e. The standard InChI is InChI=1S/C16H18N6O2/c1-10(2)15(16-17-12-5-3-4-6-13(12)18-16)22-9-11(19-21-22)7-8-14(23)20-24/h3-10,15,24H,1-2H3,(H,17,18)(H,20,23). The van der Waals surface area contributed by atoms with Crippen LogP contribution in [-0.4, -0.2) is 36.1 Å². The van der Waals surface area contributed by atoms with Gasteiger partial charge in [-0.25, -0.2) is 15.1 Å². The molecular formula is C16H18N6O2. The summed E-state index contributed by atoms with van der Waals surface area (Å²) in [7, 11) is 0. The normalized spacial score (nSPS) is 13.0. The highest BCUT2D eigenvalue weighted by Crippen LogP contribution is 2.25. The topological polar surface area (TPSA) is 109 Å². The summed E-state index contributed by atoms with van der Waals surface area (Å²) in [5.74, 6) is 0.409. The van der Waals surface area contributed by atoms with Gasteiger partial charge in [-0.15, -0.1) is 5.10 Å². The minimum Gasteiger partial charge on any atom is -0.340 e. The predicted molar refractivity (Wildman–Crippen MR) is 88.1 cm³/mol. The molecule has 0 spiro atoms. The van der Waals surface area contributed by atoms with Crippen molar-refractivity contribution in [2.75, 3.05) is 0 Å². The lowest BCUT2D eigenvalue weighted by atomic mass is 10.0. The molecular weight excluding hydrogens is 308 g/mol. The number of hydrogen-bond acceptors (Lipinski definition) is 5. The lowest BCUT2D eigenvalue weighted by molar-refractivity contribution is -0.124. The third-order valence-corrected chi connectivity index (χ3v) is 3.65. The van der Waals surface area contributed by atoms with Gasteiger partial charge >= 0.3 is 0 Å². The van der Waals surface area contributed by atoms with Crippen LogP contribution in [0.15, 0.2) is 36.5 Å². The Morgan fingerprint density at radius 3 is 2.88 bits per heavy atom. The molecule has 2 aromatic heterocycles. The van der Waals surface area contributed by atoms with E-state index in [1.54, 1.807) is 10.9 Å². The number of carbonyl (C=O) groups excluding carboxylic acids is 1. The molecule has 8 heteroatoms. The molecule has 3 N–H and O–H groups in total. The first kappa shape index (κ1) is 15.9.